The highest BCUT2D eigenvalue weighted by atomic mass is 32.2. The number of hydrogen-bond donors (Lipinski definition) is 2. The number of sulfonamides is 1. The van der Waals surface area contributed by atoms with E-state index in [9.17, 15) is 22.4 Å². The van der Waals surface area contributed by atoms with E-state index in [1.807, 2.05) is 0 Å². The summed E-state index contributed by atoms with van der Waals surface area (Å²) in [6.45, 7) is -0.186. The van der Waals surface area contributed by atoms with Gasteiger partial charge in [0.2, 0.25) is 15.9 Å². The molecule has 0 fully saturated rings. The van der Waals surface area contributed by atoms with Gasteiger partial charge in [-0.25, -0.2) is 22.5 Å². The SMILES string of the molecule is O=C(Cn1c(=O)cnc2ccccc21)NCc1cccc(S(=O)(=O)NCc2cccc(F)c2)c1. The number of carbonyl (C=O) groups is 1. The number of carbonyl (C=O) groups excluding carboxylic acids is 1. The summed E-state index contributed by atoms with van der Waals surface area (Å²) in [7, 11) is -3.85. The minimum Gasteiger partial charge on any atom is -0.350 e. The highest BCUT2D eigenvalue weighted by molar-refractivity contribution is 7.89. The summed E-state index contributed by atoms with van der Waals surface area (Å²) in [4.78, 5) is 28.8. The second-order valence-corrected chi connectivity index (χ2v) is 9.32. The van der Waals surface area contributed by atoms with Gasteiger partial charge in [-0.15, -0.1) is 0 Å². The lowest BCUT2D eigenvalue weighted by atomic mass is 10.2. The Morgan fingerprint density at radius 3 is 2.47 bits per heavy atom. The van der Waals surface area contributed by atoms with E-state index in [0.717, 1.165) is 0 Å². The summed E-state index contributed by atoms with van der Waals surface area (Å²) in [5.41, 5.74) is 1.80. The zero-order chi connectivity index (χ0) is 24.1. The molecule has 10 heteroatoms. The number of nitrogens with one attached hydrogen (secondary N) is 2. The highest BCUT2D eigenvalue weighted by Crippen LogP contribution is 2.13. The molecular weight excluding hydrogens is 459 g/mol. The predicted octanol–water partition coefficient (Wildman–Crippen LogP) is 2.33. The van der Waals surface area contributed by atoms with E-state index < -0.39 is 27.3 Å². The molecule has 8 nitrogen and oxygen atoms in total. The first-order valence-electron chi connectivity index (χ1n) is 10.4. The summed E-state index contributed by atoms with van der Waals surface area (Å²) in [6, 6.07) is 18.8. The number of rotatable bonds is 8. The lowest BCUT2D eigenvalue weighted by molar-refractivity contribution is -0.121. The molecule has 0 spiro atoms. The Morgan fingerprint density at radius 1 is 0.941 bits per heavy atom. The predicted molar refractivity (Wildman–Crippen MR) is 125 cm³/mol. The topological polar surface area (TPSA) is 110 Å². The van der Waals surface area contributed by atoms with Gasteiger partial charge in [0.15, 0.2) is 0 Å². The minimum atomic E-state index is -3.85. The number of benzene rings is 3. The van der Waals surface area contributed by atoms with Crippen molar-refractivity contribution in [2.75, 3.05) is 0 Å². The van der Waals surface area contributed by atoms with Crippen LogP contribution >= 0.6 is 0 Å². The number of halogens is 1. The second-order valence-electron chi connectivity index (χ2n) is 7.55. The normalized spacial score (nSPS) is 11.4. The fraction of sp³-hybridized carbons (Fsp3) is 0.125. The van der Waals surface area contributed by atoms with Crippen LogP contribution < -0.4 is 15.6 Å². The van der Waals surface area contributed by atoms with E-state index in [2.05, 4.69) is 15.0 Å². The van der Waals surface area contributed by atoms with Crippen LogP contribution in [0.1, 0.15) is 11.1 Å². The molecule has 1 aromatic heterocycles. The van der Waals surface area contributed by atoms with Crippen molar-refractivity contribution >= 4 is 27.0 Å². The van der Waals surface area contributed by atoms with Gasteiger partial charge in [-0.3, -0.25) is 14.2 Å². The molecule has 0 saturated heterocycles. The van der Waals surface area contributed by atoms with Crippen LogP contribution in [-0.4, -0.2) is 23.9 Å². The number of aromatic nitrogens is 2. The Bertz CT molecular complexity index is 1520. The Hall–Kier alpha value is -3.89. The molecule has 4 aromatic rings. The summed E-state index contributed by atoms with van der Waals surface area (Å²) in [5.74, 6) is -0.854. The molecule has 0 aliphatic rings. The molecule has 0 atom stereocenters. The first-order valence-corrected chi connectivity index (χ1v) is 11.8. The van der Waals surface area contributed by atoms with Crippen molar-refractivity contribution in [3.8, 4) is 0 Å². The zero-order valence-electron chi connectivity index (χ0n) is 17.9. The van der Waals surface area contributed by atoms with Crippen LogP contribution in [0, 0.1) is 5.82 Å². The van der Waals surface area contributed by atoms with Crippen LogP contribution in [0.25, 0.3) is 11.0 Å². The van der Waals surface area contributed by atoms with E-state index in [4.69, 9.17) is 0 Å². The highest BCUT2D eigenvalue weighted by Gasteiger charge is 2.15. The maximum absolute atomic E-state index is 13.3. The zero-order valence-corrected chi connectivity index (χ0v) is 18.8. The van der Waals surface area contributed by atoms with E-state index in [-0.39, 0.29) is 24.5 Å². The molecule has 0 aliphatic carbocycles. The number of fused-ring (bicyclic) bond motifs is 1. The summed E-state index contributed by atoms with van der Waals surface area (Å²) in [5, 5.41) is 2.71. The summed E-state index contributed by atoms with van der Waals surface area (Å²) in [6.07, 6.45) is 1.17. The fourth-order valence-electron chi connectivity index (χ4n) is 3.41. The summed E-state index contributed by atoms with van der Waals surface area (Å²) >= 11 is 0. The van der Waals surface area contributed by atoms with Crippen molar-refractivity contribution in [3.05, 3.63) is 106 Å². The van der Waals surface area contributed by atoms with Crippen molar-refractivity contribution < 1.29 is 17.6 Å². The molecule has 34 heavy (non-hydrogen) atoms. The molecule has 4 rings (SSSR count). The molecular formula is C24H21FN4O4S. The Labute approximate surface area is 195 Å². The van der Waals surface area contributed by atoms with Crippen LogP contribution in [0.15, 0.2) is 88.7 Å². The van der Waals surface area contributed by atoms with Crippen LogP contribution in [0.3, 0.4) is 0 Å². The Balaban J connectivity index is 1.41. The molecule has 1 amide bonds. The van der Waals surface area contributed by atoms with Gasteiger partial charge in [-0.05, 0) is 47.5 Å². The second kappa shape index (κ2) is 9.94. The first kappa shape index (κ1) is 23.3. The Kier molecular flexibility index (Phi) is 6.80. The van der Waals surface area contributed by atoms with Crippen molar-refractivity contribution in [1.82, 2.24) is 19.6 Å². The van der Waals surface area contributed by atoms with Crippen molar-refractivity contribution in [2.45, 2.75) is 24.5 Å². The lowest BCUT2D eigenvalue weighted by Crippen LogP contribution is -2.32. The number of para-hydroxylation sites is 2. The molecule has 3 aromatic carbocycles. The van der Waals surface area contributed by atoms with Crippen molar-refractivity contribution in [2.24, 2.45) is 0 Å². The third-order valence-corrected chi connectivity index (χ3v) is 6.51. The molecule has 2 N–H and O–H groups in total. The van der Waals surface area contributed by atoms with Gasteiger partial charge >= 0.3 is 0 Å². The minimum absolute atomic E-state index is 0.0204. The molecule has 174 valence electrons. The fourth-order valence-corrected chi connectivity index (χ4v) is 4.50. The van der Waals surface area contributed by atoms with E-state index in [0.29, 0.717) is 22.2 Å². The van der Waals surface area contributed by atoms with E-state index in [1.165, 1.54) is 41.1 Å². The molecule has 0 radical (unpaired) electrons. The maximum atomic E-state index is 13.3. The van der Waals surface area contributed by atoms with Gasteiger partial charge in [-0.1, -0.05) is 36.4 Å². The average Bonchev–Trinajstić information content (AvgIpc) is 2.84. The third-order valence-electron chi connectivity index (χ3n) is 5.11. The number of hydrogen-bond acceptors (Lipinski definition) is 5. The quantitative estimate of drug-likeness (QED) is 0.402. The molecule has 0 aliphatic heterocycles. The average molecular weight is 481 g/mol. The van der Waals surface area contributed by atoms with Crippen LogP contribution in [-0.2, 0) is 34.5 Å². The molecule has 0 bridgehead atoms. The lowest BCUT2D eigenvalue weighted by Gasteiger charge is -2.11. The van der Waals surface area contributed by atoms with Gasteiger partial charge in [0.05, 0.1) is 22.1 Å². The standard InChI is InChI=1S/C24H21FN4O4S/c25-19-7-3-5-17(11-19)14-28-34(32,33)20-8-4-6-18(12-20)13-27-23(30)16-29-22-10-2-1-9-21(22)26-15-24(29)31/h1-12,15,28H,13-14,16H2,(H,27,30). The van der Waals surface area contributed by atoms with E-state index in [1.54, 1.807) is 42.5 Å². The molecule has 1 heterocycles. The van der Waals surface area contributed by atoms with Crippen LogP contribution in [0.4, 0.5) is 4.39 Å². The van der Waals surface area contributed by atoms with Gasteiger partial charge in [0, 0.05) is 13.1 Å². The Morgan fingerprint density at radius 2 is 1.68 bits per heavy atom. The number of amides is 1. The number of nitrogens with zero attached hydrogens (tertiary/aromatic N) is 2. The third kappa shape index (κ3) is 5.53. The van der Waals surface area contributed by atoms with Crippen LogP contribution in [0.5, 0.6) is 0 Å². The molecule has 0 saturated carbocycles. The van der Waals surface area contributed by atoms with Crippen molar-refractivity contribution in [1.29, 1.82) is 0 Å². The monoisotopic (exact) mass is 480 g/mol. The molecule has 0 unspecified atom stereocenters. The largest absolute Gasteiger partial charge is 0.350 e. The van der Waals surface area contributed by atoms with Crippen molar-refractivity contribution in [3.63, 3.8) is 0 Å². The van der Waals surface area contributed by atoms with E-state index >= 15 is 0 Å². The maximum Gasteiger partial charge on any atom is 0.269 e. The van der Waals surface area contributed by atoms with Crippen LogP contribution in [0.2, 0.25) is 0 Å². The van der Waals surface area contributed by atoms with Gasteiger partial charge < -0.3 is 5.32 Å². The van der Waals surface area contributed by atoms with Gasteiger partial charge in [0.25, 0.3) is 5.56 Å². The first-order chi connectivity index (χ1) is 16.3. The smallest absolute Gasteiger partial charge is 0.269 e. The van der Waals surface area contributed by atoms with Gasteiger partial charge in [0.1, 0.15) is 12.4 Å². The summed E-state index contributed by atoms with van der Waals surface area (Å²) < 4.78 is 42.4. The van der Waals surface area contributed by atoms with Gasteiger partial charge in [-0.2, -0.15) is 0 Å².